The summed E-state index contributed by atoms with van der Waals surface area (Å²) >= 11 is 0. The summed E-state index contributed by atoms with van der Waals surface area (Å²) in [4.78, 5) is 49.7. The summed E-state index contributed by atoms with van der Waals surface area (Å²) < 4.78 is 23.3. The van der Waals surface area contributed by atoms with Gasteiger partial charge in [0.1, 0.15) is 17.6 Å². The van der Waals surface area contributed by atoms with Gasteiger partial charge in [0.15, 0.2) is 0 Å². The van der Waals surface area contributed by atoms with Crippen LogP contribution in [0.15, 0.2) is 25.3 Å². The van der Waals surface area contributed by atoms with Gasteiger partial charge in [-0.3, -0.25) is 18.8 Å². The van der Waals surface area contributed by atoms with Crippen LogP contribution in [-0.4, -0.2) is 59.7 Å². The van der Waals surface area contributed by atoms with Crippen LogP contribution in [0, 0.1) is 0 Å². The Hall–Kier alpha value is -0.830. The van der Waals surface area contributed by atoms with Gasteiger partial charge in [-0.1, -0.05) is 12.2 Å². The average Bonchev–Trinajstić information content (AvgIpc) is 2.36. The van der Waals surface area contributed by atoms with Crippen LogP contribution in [-0.2, 0) is 13.9 Å². The zero-order chi connectivity index (χ0) is 18.4. The molecule has 0 aliphatic rings. The largest absolute Gasteiger partial charge is 0.480 e. The van der Waals surface area contributed by atoms with E-state index < -0.39 is 38.8 Å². The summed E-state index contributed by atoms with van der Waals surface area (Å²) in [5.41, 5.74) is 5.31. The molecule has 0 amide bonds. The maximum Gasteiger partial charge on any atom is 0.346 e. The lowest BCUT2D eigenvalue weighted by Gasteiger charge is -2.39. The maximum absolute atomic E-state index is 11.6. The van der Waals surface area contributed by atoms with Crippen LogP contribution in [0.3, 0.4) is 0 Å². The Bertz CT molecular complexity index is 494. The van der Waals surface area contributed by atoms with Crippen LogP contribution < -0.4 is 5.73 Å². The van der Waals surface area contributed by atoms with E-state index in [0.29, 0.717) is 4.90 Å². The second kappa shape index (κ2) is 8.86. The van der Waals surface area contributed by atoms with Crippen LogP contribution in [0.4, 0.5) is 0 Å². The van der Waals surface area contributed by atoms with Crippen LogP contribution in [0.2, 0.25) is 0 Å². The second-order valence-corrected chi connectivity index (χ2v) is 8.12. The lowest BCUT2D eigenvalue weighted by Crippen LogP contribution is -2.51. The molecule has 0 aromatic heterocycles. The van der Waals surface area contributed by atoms with E-state index in [1.165, 1.54) is 0 Å². The Morgan fingerprint density at radius 1 is 1.09 bits per heavy atom. The van der Waals surface area contributed by atoms with Gasteiger partial charge in [0, 0.05) is 0 Å². The van der Waals surface area contributed by atoms with Crippen molar-refractivity contribution in [3.05, 3.63) is 25.3 Å². The van der Waals surface area contributed by atoms with Gasteiger partial charge in [0.25, 0.3) is 0 Å². The summed E-state index contributed by atoms with van der Waals surface area (Å²) in [7, 11) is -9.94. The molecule has 3 atom stereocenters. The lowest BCUT2D eigenvalue weighted by atomic mass is 10.1. The molecule has 23 heavy (non-hydrogen) atoms. The summed E-state index contributed by atoms with van der Waals surface area (Å²) in [5.74, 6) is -5.31. The number of hydrogen-bond acceptors (Lipinski definition) is 5. The molecule has 0 aromatic carbocycles. The Balaban J connectivity index is 6.19. The van der Waals surface area contributed by atoms with Gasteiger partial charge in [-0.15, -0.1) is 13.2 Å². The molecule has 2 unspecified atom stereocenters. The first kappa shape index (κ1) is 22.2. The first-order chi connectivity index (χ1) is 10.4. The number of carboxylic acid groups (broad SMARTS) is 1. The molecule has 0 radical (unpaired) electrons. The normalized spacial score (nSPS) is 16.6. The van der Waals surface area contributed by atoms with Crippen LogP contribution >= 0.6 is 15.2 Å². The van der Waals surface area contributed by atoms with Crippen molar-refractivity contribution in [2.24, 2.45) is 5.73 Å². The number of carbonyl (C=O) groups is 1. The van der Waals surface area contributed by atoms with Crippen LogP contribution in [0.1, 0.15) is 12.8 Å². The van der Waals surface area contributed by atoms with Crippen LogP contribution in [0.25, 0.3) is 0 Å². The molecule has 7 N–H and O–H groups in total. The molecule has 10 nitrogen and oxygen atoms in total. The molecule has 0 aliphatic heterocycles. The zero-order valence-electron chi connectivity index (χ0n) is 12.3. The zero-order valence-corrected chi connectivity index (χ0v) is 14.1. The minimum Gasteiger partial charge on any atom is -0.480 e. The molecule has 12 heteroatoms. The van der Waals surface area contributed by atoms with Gasteiger partial charge in [-0.25, -0.2) is 0 Å². The van der Waals surface area contributed by atoms with E-state index in [0.717, 1.165) is 12.2 Å². The van der Waals surface area contributed by atoms with Gasteiger partial charge >= 0.3 is 21.2 Å². The van der Waals surface area contributed by atoms with Gasteiger partial charge in [0.05, 0.1) is 0 Å². The molecule has 0 rings (SSSR count). The number of aliphatic carboxylic acids is 1. The van der Waals surface area contributed by atoms with Crippen molar-refractivity contribution in [1.82, 2.24) is 4.90 Å². The molecule has 0 bridgehead atoms. The number of hydrogen-bond donors (Lipinski definition) is 6. The molecule has 0 heterocycles. The Kier molecular flexibility index (Phi) is 8.54. The third kappa shape index (κ3) is 6.29. The minimum absolute atomic E-state index is 0.0982. The molecule has 0 fully saturated rings. The SMILES string of the molecule is C=CC(N(C(C=C)P(=O)(O)O)[C@@H](CCCN)C(=O)O)P(=O)(O)O. The highest BCUT2D eigenvalue weighted by Crippen LogP contribution is 2.52. The van der Waals surface area contributed by atoms with Crippen molar-refractivity contribution in [3.63, 3.8) is 0 Å². The molecule has 134 valence electrons. The van der Waals surface area contributed by atoms with E-state index in [1.54, 1.807) is 0 Å². The van der Waals surface area contributed by atoms with E-state index in [2.05, 4.69) is 13.2 Å². The van der Waals surface area contributed by atoms with Gasteiger partial charge in [-0.2, -0.15) is 0 Å². The standard InChI is InChI=1S/C11H22N2O8P2/c1-3-9(22(16,17)18)13(10(4-2)23(19,20)21)8(11(14)15)6-5-7-12/h3-4,8-10H,1-2,5-7,12H2,(H,14,15)(H2,16,17,18)(H2,19,20,21)/t8-,9?,10?/m0/s1. The first-order valence-corrected chi connectivity index (χ1v) is 9.84. The molecular weight excluding hydrogens is 350 g/mol. The van der Waals surface area contributed by atoms with E-state index in [1.807, 2.05) is 0 Å². The van der Waals surface area contributed by atoms with E-state index >= 15 is 0 Å². The smallest absolute Gasteiger partial charge is 0.346 e. The van der Waals surface area contributed by atoms with Crippen molar-refractivity contribution in [2.75, 3.05) is 6.54 Å². The number of nitrogens with zero attached hydrogens (tertiary/aromatic N) is 1. The minimum atomic E-state index is -4.97. The van der Waals surface area contributed by atoms with E-state index in [-0.39, 0.29) is 19.4 Å². The quantitative estimate of drug-likeness (QED) is 0.211. The van der Waals surface area contributed by atoms with Gasteiger partial charge in [-0.05, 0) is 19.4 Å². The van der Waals surface area contributed by atoms with Crippen LogP contribution in [0.5, 0.6) is 0 Å². The highest BCUT2D eigenvalue weighted by molar-refractivity contribution is 7.53. The summed E-state index contributed by atoms with van der Waals surface area (Å²) in [6.45, 7) is 6.56. The van der Waals surface area contributed by atoms with Gasteiger partial charge < -0.3 is 30.4 Å². The fraction of sp³-hybridized carbons (Fsp3) is 0.545. The van der Waals surface area contributed by atoms with Crippen molar-refractivity contribution >= 4 is 21.2 Å². The molecule has 0 saturated carbocycles. The van der Waals surface area contributed by atoms with Crippen molar-refractivity contribution in [3.8, 4) is 0 Å². The van der Waals surface area contributed by atoms with Gasteiger partial charge in [0.2, 0.25) is 0 Å². The van der Waals surface area contributed by atoms with E-state index in [4.69, 9.17) is 5.73 Å². The summed E-state index contributed by atoms with van der Waals surface area (Å²) in [5, 5.41) is 9.33. The average molecular weight is 372 g/mol. The predicted molar refractivity (Wildman–Crippen MR) is 83.6 cm³/mol. The predicted octanol–water partition coefficient (Wildman–Crippen LogP) is -0.140. The first-order valence-electron chi connectivity index (χ1n) is 6.47. The lowest BCUT2D eigenvalue weighted by molar-refractivity contribution is -0.144. The number of rotatable bonds is 11. The van der Waals surface area contributed by atoms with Crippen molar-refractivity contribution in [1.29, 1.82) is 0 Å². The third-order valence-electron chi connectivity index (χ3n) is 3.05. The monoisotopic (exact) mass is 372 g/mol. The Morgan fingerprint density at radius 3 is 1.70 bits per heavy atom. The molecule has 0 saturated heterocycles. The highest BCUT2D eigenvalue weighted by Gasteiger charge is 2.47. The number of nitrogens with two attached hydrogens (primary N) is 1. The Morgan fingerprint density at radius 2 is 1.48 bits per heavy atom. The molecular formula is C11H22N2O8P2. The Labute approximate surface area is 133 Å². The molecule has 0 aliphatic carbocycles. The fourth-order valence-electron chi connectivity index (χ4n) is 2.10. The van der Waals surface area contributed by atoms with Crippen molar-refractivity contribution in [2.45, 2.75) is 30.4 Å². The maximum atomic E-state index is 11.6. The highest BCUT2D eigenvalue weighted by atomic mass is 31.2. The van der Waals surface area contributed by atoms with Crippen molar-refractivity contribution < 1.29 is 38.6 Å². The third-order valence-corrected chi connectivity index (χ3v) is 5.38. The van der Waals surface area contributed by atoms with E-state index in [9.17, 15) is 38.6 Å². The summed E-state index contributed by atoms with van der Waals surface area (Å²) in [6.07, 6.45) is 1.51. The molecule has 0 spiro atoms. The number of carboxylic acids is 1. The fourth-order valence-corrected chi connectivity index (χ4v) is 4.06. The second-order valence-electron chi connectivity index (χ2n) is 4.71. The molecule has 0 aromatic rings. The summed E-state index contributed by atoms with van der Waals surface area (Å²) in [6, 6.07) is -1.59. The topological polar surface area (TPSA) is 182 Å².